The Morgan fingerprint density at radius 3 is 2.43 bits per heavy atom. The lowest BCUT2D eigenvalue weighted by Gasteiger charge is -2.31. The van der Waals surface area contributed by atoms with Gasteiger partial charge < -0.3 is 5.11 Å². The van der Waals surface area contributed by atoms with Crippen molar-refractivity contribution >= 4 is 9.84 Å². The summed E-state index contributed by atoms with van der Waals surface area (Å²) >= 11 is 0. The molecule has 21 heavy (non-hydrogen) atoms. The molecule has 1 aromatic carbocycles. The lowest BCUT2D eigenvalue weighted by Crippen LogP contribution is -2.34. The van der Waals surface area contributed by atoms with Gasteiger partial charge in [0.2, 0.25) is 0 Å². The molecule has 3 unspecified atom stereocenters. The van der Waals surface area contributed by atoms with Gasteiger partial charge in [0.05, 0.1) is 11.4 Å². The topological polar surface area (TPSA) is 54.4 Å². The first-order valence-electron chi connectivity index (χ1n) is 7.07. The van der Waals surface area contributed by atoms with Gasteiger partial charge in [-0.25, -0.2) is 17.2 Å². The molecule has 3 nitrogen and oxygen atoms in total. The number of sulfone groups is 1. The first kappa shape index (κ1) is 16.4. The van der Waals surface area contributed by atoms with E-state index < -0.39 is 32.8 Å². The lowest BCUT2D eigenvalue weighted by atomic mass is 9.83. The van der Waals surface area contributed by atoms with Crippen LogP contribution in [-0.2, 0) is 16.3 Å². The molecule has 1 aromatic rings. The molecular formula is C15H20F2O3S. The third-order valence-corrected chi connectivity index (χ3v) is 5.82. The van der Waals surface area contributed by atoms with Crippen LogP contribution in [0.2, 0.25) is 0 Å². The maximum atomic E-state index is 13.1. The summed E-state index contributed by atoms with van der Waals surface area (Å²) in [6, 6.07) is 3.18. The smallest absolute Gasteiger partial charge is 0.150 e. The lowest BCUT2D eigenvalue weighted by molar-refractivity contribution is 0.0858. The van der Waals surface area contributed by atoms with E-state index in [-0.39, 0.29) is 12.3 Å². The van der Waals surface area contributed by atoms with Crippen LogP contribution in [0.1, 0.15) is 31.2 Å². The predicted octanol–water partition coefficient (Wildman–Crippen LogP) is 2.47. The second kappa shape index (κ2) is 6.40. The fourth-order valence-electron chi connectivity index (χ4n) is 3.06. The van der Waals surface area contributed by atoms with Gasteiger partial charge in [0.25, 0.3) is 0 Å². The fraction of sp³-hybridized carbons (Fsp3) is 0.600. The first-order chi connectivity index (χ1) is 9.75. The summed E-state index contributed by atoms with van der Waals surface area (Å²) in [5.74, 6) is -1.49. The van der Waals surface area contributed by atoms with E-state index >= 15 is 0 Å². The summed E-state index contributed by atoms with van der Waals surface area (Å²) in [5, 5.41) is 9.83. The van der Waals surface area contributed by atoms with Crippen LogP contribution in [0.25, 0.3) is 0 Å². The highest BCUT2D eigenvalue weighted by molar-refractivity contribution is 7.91. The van der Waals surface area contributed by atoms with Crippen LogP contribution in [0.5, 0.6) is 0 Å². The van der Waals surface area contributed by atoms with Crippen molar-refractivity contribution in [1.29, 1.82) is 0 Å². The van der Waals surface area contributed by atoms with Crippen molar-refractivity contribution in [2.45, 2.75) is 43.5 Å². The van der Waals surface area contributed by atoms with Gasteiger partial charge in [-0.15, -0.1) is 0 Å². The zero-order chi connectivity index (χ0) is 15.6. The van der Waals surface area contributed by atoms with E-state index in [9.17, 15) is 22.3 Å². The van der Waals surface area contributed by atoms with Crippen LogP contribution < -0.4 is 0 Å². The van der Waals surface area contributed by atoms with E-state index in [1.807, 2.05) is 0 Å². The molecule has 0 amide bonds. The largest absolute Gasteiger partial charge is 0.392 e. The molecule has 1 aliphatic carbocycles. The molecule has 0 saturated heterocycles. The Labute approximate surface area is 123 Å². The highest BCUT2D eigenvalue weighted by Gasteiger charge is 2.32. The van der Waals surface area contributed by atoms with Crippen molar-refractivity contribution in [2.75, 3.05) is 6.26 Å². The molecule has 3 atom stereocenters. The molecule has 1 fully saturated rings. The van der Waals surface area contributed by atoms with E-state index in [2.05, 4.69) is 0 Å². The Morgan fingerprint density at radius 2 is 1.86 bits per heavy atom. The number of aliphatic hydroxyl groups excluding tert-OH is 1. The van der Waals surface area contributed by atoms with E-state index in [0.717, 1.165) is 18.9 Å². The van der Waals surface area contributed by atoms with Crippen molar-refractivity contribution in [3.8, 4) is 0 Å². The van der Waals surface area contributed by atoms with Gasteiger partial charge in [-0.05, 0) is 49.3 Å². The minimum absolute atomic E-state index is 0.135. The zero-order valence-electron chi connectivity index (χ0n) is 11.9. The highest BCUT2D eigenvalue weighted by Crippen LogP contribution is 2.31. The normalized spacial score (nSPS) is 24.8. The Kier molecular flexibility index (Phi) is 4.99. The van der Waals surface area contributed by atoms with Crippen LogP contribution >= 0.6 is 0 Å². The third kappa shape index (κ3) is 4.48. The second-order valence-electron chi connectivity index (χ2n) is 5.93. The number of hydrogen-bond donors (Lipinski definition) is 1. The number of hydrogen-bond acceptors (Lipinski definition) is 3. The van der Waals surface area contributed by atoms with Crippen LogP contribution in [0, 0.1) is 17.6 Å². The molecule has 0 radical (unpaired) electrons. The maximum absolute atomic E-state index is 13.1. The zero-order valence-corrected chi connectivity index (χ0v) is 12.7. The molecule has 2 rings (SSSR count). The summed E-state index contributed by atoms with van der Waals surface area (Å²) in [6.07, 6.45) is 3.09. The average molecular weight is 318 g/mol. The quantitative estimate of drug-likeness (QED) is 0.928. The van der Waals surface area contributed by atoms with E-state index in [4.69, 9.17) is 0 Å². The summed E-state index contributed by atoms with van der Waals surface area (Å²) in [5.41, 5.74) is 0.390. The standard InChI is InChI=1S/C15H20F2O3S/c1-21(19,20)14-4-2-3-11(8-14)15(18)7-10-5-12(16)9-13(17)6-10/h5-6,9,11,14-15,18H,2-4,7-8H2,1H3. The van der Waals surface area contributed by atoms with E-state index in [1.165, 1.54) is 18.4 Å². The molecule has 1 saturated carbocycles. The monoisotopic (exact) mass is 318 g/mol. The molecule has 0 aliphatic heterocycles. The van der Waals surface area contributed by atoms with Gasteiger partial charge in [0.15, 0.2) is 0 Å². The number of benzene rings is 1. The van der Waals surface area contributed by atoms with Gasteiger partial charge in [-0.1, -0.05) is 6.42 Å². The Hall–Kier alpha value is -1.01. The SMILES string of the molecule is CS(=O)(=O)C1CCCC(C(O)Cc2cc(F)cc(F)c2)C1. The average Bonchev–Trinajstić information content (AvgIpc) is 2.36. The van der Waals surface area contributed by atoms with Crippen molar-refractivity contribution in [3.63, 3.8) is 0 Å². The minimum Gasteiger partial charge on any atom is -0.392 e. The molecule has 1 aliphatic rings. The molecule has 0 aromatic heterocycles. The van der Waals surface area contributed by atoms with Crippen LogP contribution in [0.3, 0.4) is 0 Å². The van der Waals surface area contributed by atoms with Crippen molar-refractivity contribution < 1.29 is 22.3 Å². The van der Waals surface area contributed by atoms with Crippen molar-refractivity contribution in [3.05, 3.63) is 35.4 Å². The summed E-state index contributed by atoms with van der Waals surface area (Å²) in [6.45, 7) is 0. The van der Waals surface area contributed by atoms with Crippen molar-refractivity contribution in [2.24, 2.45) is 5.92 Å². The Morgan fingerprint density at radius 1 is 1.24 bits per heavy atom. The maximum Gasteiger partial charge on any atom is 0.150 e. The van der Waals surface area contributed by atoms with Gasteiger partial charge in [0, 0.05) is 12.3 Å². The van der Waals surface area contributed by atoms with Gasteiger partial charge in [-0.2, -0.15) is 0 Å². The molecule has 6 heteroatoms. The summed E-state index contributed by atoms with van der Waals surface area (Å²) in [4.78, 5) is 0. The Bertz CT molecular complexity index is 581. The predicted molar refractivity (Wildman–Crippen MR) is 76.7 cm³/mol. The molecule has 0 heterocycles. The molecule has 0 spiro atoms. The van der Waals surface area contributed by atoms with Crippen LogP contribution in [-0.4, -0.2) is 31.1 Å². The second-order valence-corrected chi connectivity index (χ2v) is 8.25. The van der Waals surface area contributed by atoms with Crippen molar-refractivity contribution in [1.82, 2.24) is 0 Å². The first-order valence-corrected chi connectivity index (χ1v) is 9.03. The Balaban J connectivity index is 2.04. The van der Waals surface area contributed by atoms with Gasteiger partial charge in [0.1, 0.15) is 21.5 Å². The van der Waals surface area contributed by atoms with Crippen LogP contribution in [0.15, 0.2) is 18.2 Å². The molecule has 0 bridgehead atoms. The molecule has 1 N–H and O–H groups in total. The number of aliphatic hydroxyl groups is 1. The molecular weight excluding hydrogens is 298 g/mol. The number of halogens is 2. The van der Waals surface area contributed by atoms with E-state index in [1.54, 1.807) is 0 Å². The van der Waals surface area contributed by atoms with Gasteiger partial charge in [-0.3, -0.25) is 0 Å². The van der Waals surface area contributed by atoms with E-state index in [0.29, 0.717) is 18.4 Å². The third-order valence-electron chi connectivity index (χ3n) is 4.18. The minimum atomic E-state index is -3.11. The molecule has 118 valence electrons. The summed E-state index contributed by atoms with van der Waals surface area (Å²) in [7, 11) is -3.11. The summed E-state index contributed by atoms with van der Waals surface area (Å²) < 4.78 is 49.5. The fourth-order valence-corrected chi connectivity index (χ4v) is 4.25. The number of rotatable bonds is 4. The van der Waals surface area contributed by atoms with Crippen LogP contribution in [0.4, 0.5) is 8.78 Å². The van der Waals surface area contributed by atoms with Gasteiger partial charge >= 0.3 is 0 Å². The highest BCUT2D eigenvalue weighted by atomic mass is 32.2.